The molecule has 0 aromatic heterocycles. The number of fused-ring (bicyclic) bond motifs is 1. The smallest absolute Gasteiger partial charge is 0.244 e. The lowest BCUT2D eigenvalue weighted by atomic mass is 10.1. The first-order chi connectivity index (χ1) is 10.1. The Labute approximate surface area is 119 Å². The molecule has 2 aromatic carbocycles. The lowest BCUT2D eigenvalue weighted by Crippen LogP contribution is -2.36. The van der Waals surface area contributed by atoms with Crippen LogP contribution in [0.4, 0.5) is 25.8 Å². The molecule has 1 aliphatic heterocycles. The average Bonchev–Trinajstić information content (AvgIpc) is 2.46. The molecule has 0 unspecified atom stereocenters. The predicted octanol–water partition coefficient (Wildman–Crippen LogP) is 2.55. The van der Waals surface area contributed by atoms with Crippen LogP contribution in [0.15, 0.2) is 36.4 Å². The maximum atomic E-state index is 14.2. The monoisotopic (exact) mass is 290 g/mol. The zero-order valence-electron chi connectivity index (χ0n) is 10.9. The van der Waals surface area contributed by atoms with Gasteiger partial charge in [0.25, 0.3) is 0 Å². The Kier molecular flexibility index (Phi) is 3.31. The summed E-state index contributed by atoms with van der Waals surface area (Å²) in [6.07, 6.45) is 0. The summed E-state index contributed by atoms with van der Waals surface area (Å²) in [5, 5.41) is 11.6. The summed E-state index contributed by atoms with van der Waals surface area (Å²) in [5.74, 6) is -1.98. The molecule has 108 valence electrons. The van der Waals surface area contributed by atoms with E-state index in [0.29, 0.717) is 11.4 Å². The maximum Gasteiger partial charge on any atom is 0.244 e. The van der Waals surface area contributed by atoms with E-state index in [2.05, 4.69) is 5.32 Å². The van der Waals surface area contributed by atoms with E-state index in [-0.39, 0.29) is 23.7 Å². The number of hydrogen-bond acceptors (Lipinski definition) is 3. The van der Waals surface area contributed by atoms with Gasteiger partial charge in [0.1, 0.15) is 23.9 Å². The number of benzene rings is 2. The van der Waals surface area contributed by atoms with Gasteiger partial charge in [-0.15, -0.1) is 0 Å². The molecule has 21 heavy (non-hydrogen) atoms. The van der Waals surface area contributed by atoms with Crippen molar-refractivity contribution in [2.45, 2.75) is 6.61 Å². The third-order valence-electron chi connectivity index (χ3n) is 3.30. The quantitative estimate of drug-likeness (QED) is 0.893. The van der Waals surface area contributed by atoms with Crippen molar-refractivity contribution in [2.75, 3.05) is 16.8 Å². The first-order valence-electron chi connectivity index (χ1n) is 6.35. The molecular weight excluding hydrogens is 278 g/mol. The van der Waals surface area contributed by atoms with Gasteiger partial charge in [0.15, 0.2) is 0 Å². The predicted molar refractivity (Wildman–Crippen MR) is 74.4 cm³/mol. The van der Waals surface area contributed by atoms with E-state index >= 15 is 0 Å². The van der Waals surface area contributed by atoms with Crippen molar-refractivity contribution in [3.8, 4) is 0 Å². The molecule has 1 amide bonds. The Bertz CT molecular complexity index is 696. The lowest BCUT2D eigenvalue weighted by Gasteiger charge is -2.31. The highest BCUT2D eigenvalue weighted by molar-refractivity contribution is 6.03. The molecule has 0 spiro atoms. The number of para-hydroxylation sites is 2. The molecule has 2 N–H and O–H groups in total. The van der Waals surface area contributed by atoms with Crippen molar-refractivity contribution >= 4 is 23.0 Å². The second kappa shape index (κ2) is 5.14. The van der Waals surface area contributed by atoms with Crippen LogP contribution in [0.5, 0.6) is 0 Å². The van der Waals surface area contributed by atoms with Gasteiger partial charge < -0.3 is 15.3 Å². The van der Waals surface area contributed by atoms with E-state index in [0.717, 1.165) is 12.1 Å². The molecule has 0 fully saturated rings. The minimum absolute atomic E-state index is 0.142. The van der Waals surface area contributed by atoms with Gasteiger partial charge in [0.2, 0.25) is 5.91 Å². The minimum atomic E-state index is -0.816. The van der Waals surface area contributed by atoms with Crippen LogP contribution in [0.2, 0.25) is 0 Å². The normalized spacial score (nSPS) is 13.9. The van der Waals surface area contributed by atoms with Crippen LogP contribution < -0.4 is 10.2 Å². The number of nitrogens with one attached hydrogen (secondary N) is 1. The van der Waals surface area contributed by atoms with Gasteiger partial charge in [-0.25, -0.2) is 8.78 Å². The first kappa shape index (κ1) is 13.5. The summed E-state index contributed by atoms with van der Waals surface area (Å²) in [7, 11) is 0. The summed E-state index contributed by atoms with van der Waals surface area (Å²) in [6, 6.07) is 8.91. The highest BCUT2D eigenvalue weighted by Gasteiger charge is 2.27. The number of carbonyl (C=O) groups excluding carboxylic acids is 1. The largest absolute Gasteiger partial charge is 0.392 e. The SMILES string of the molecule is O=C1CN(c2c(F)cc(CO)cc2F)c2ccccc2N1. The van der Waals surface area contributed by atoms with E-state index in [1.165, 1.54) is 4.90 Å². The summed E-state index contributed by atoms with van der Waals surface area (Å²) >= 11 is 0. The van der Waals surface area contributed by atoms with Gasteiger partial charge in [0, 0.05) is 0 Å². The Morgan fingerprint density at radius 3 is 2.52 bits per heavy atom. The zero-order valence-corrected chi connectivity index (χ0v) is 10.9. The van der Waals surface area contributed by atoms with Crippen LogP contribution in [0.25, 0.3) is 0 Å². The number of aliphatic hydroxyl groups excluding tert-OH is 1. The molecule has 0 atom stereocenters. The summed E-state index contributed by atoms with van der Waals surface area (Å²) in [6.45, 7) is -0.630. The number of hydrogen-bond donors (Lipinski definition) is 2. The van der Waals surface area contributed by atoms with Crippen LogP contribution in [-0.2, 0) is 11.4 Å². The Hall–Kier alpha value is -2.47. The summed E-state index contributed by atoms with van der Waals surface area (Å²) in [5.41, 5.74) is 0.864. The van der Waals surface area contributed by atoms with E-state index < -0.39 is 18.2 Å². The summed E-state index contributed by atoms with van der Waals surface area (Å²) in [4.78, 5) is 13.0. The highest BCUT2D eigenvalue weighted by Crippen LogP contribution is 2.37. The second-order valence-electron chi connectivity index (χ2n) is 4.72. The Morgan fingerprint density at radius 2 is 1.86 bits per heavy atom. The zero-order chi connectivity index (χ0) is 15.0. The molecule has 0 aliphatic carbocycles. The second-order valence-corrected chi connectivity index (χ2v) is 4.72. The number of nitrogens with zero attached hydrogens (tertiary/aromatic N) is 1. The Balaban J connectivity index is 2.15. The fourth-order valence-corrected chi connectivity index (χ4v) is 2.40. The topological polar surface area (TPSA) is 52.6 Å². The molecule has 1 heterocycles. The highest BCUT2D eigenvalue weighted by atomic mass is 19.1. The van der Waals surface area contributed by atoms with Gasteiger partial charge in [-0.1, -0.05) is 12.1 Å². The van der Waals surface area contributed by atoms with Crippen molar-refractivity contribution in [1.82, 2.24) is 0 Å². The molecule has 0 saturated heterocycles. The van der Waals surface area contributed by atoms with Crippen LogP contribution >= 0.6 is 0 Å². The van der Waals surface area contributed by atoms with E-state index in [9.17, 15) is 13.6 Å². The molecular formula is C15H12F2N2O2. The van der Waals surface area contributed by atoms with Gasteiger partial charge in [-0.3, -0.25) is 4.79 Å². The van der Waals surface area contributed by atoms with Crippen LogP contribution in [0.1, 0.15) is 5.56 Å². The van der Waals surface area contributed by atoms with Crippen molar-refractivity contribution in [3.63, 3.8) is 0 Å². The number of carbonyl (C=O) groups is 1. The number of rotatable bonds is 2. The number of amides is 1. The van der Waals surface area contributed by atoms with Gasteiger partial charge in [0.05, 0.1) is 18.0 Å². The van der Waals surface area contributed by atoms with Crippen LogP contribution in [-0.4, -0.2) is 17.6 Å². The molecule has 2 aromatic rings. The van der Waals surface area contributed by atoms with Crippen molar-refractivity contribution in [2.24, 2.45) is 0 Å². The van der Waals surface area contributed by atoms with Crippen molar-refractivity contribution < 1.29 is 18.7 Å². The van der Waals surface area contributed by atoms with Gasteiger partial charge in [-0.05, 0) is 29.8 Å². The average molecular weight is 290 g/mol. The Morgan fingerprint density at radius 1 is 1.19 bits per heavy atom. The standard InChI is InChI=1S/C15H12F2N2O2/c16-10-5-9(8-20)6-11(17)15(10)19-7-14(21)18-12-3-1-2-4-13(12)19/h1-6,20H,7-8H2,(H,18,21). The van der Waals surface area contributed by atoms with Crippen LogP contribution in [0, 0.1) is 11.6 Å². The third-order valence-corrected chi connectivity index (χ3v) is 3.30. The molecule has 0 bridgehead atoms. The van der Waals surface area contributed by atoms with E-state index in [1.807, 2.05) is 0 Å². The fraction of sp³-hybridized carbons (Fsp3) is 0.133. The summed E-state index contributed by atoms with van der Waals surface area (Å²) < 4.78 is 28.4. The minimum Gasteiger partial charge on any atom is -0.392 e. The number of anilines is 3. The van der Waals surface area contributed by atoms with Crippen LogP contribution in [0.3, 0.4) is 0 Å². The molecule has 4 nitrogen and oxygen atoms in total. The third kappa shape index (κ3) is 2.34. The lowest BCUT2D eigenvalue weighted by molar-refractivity contribution is -0.115. The van der Waals surface area contributed by atoms with Crippen molar-refractivity contribution in [1.29, 1.82) is 0 Å². The number of halogens is 2. The molecule has 6 heteroatoms. The molecule has 0 radical (unpaired) electrons. The maximum absolute atomic E-state index is 14.2. The molecule has 0 saturated carbocycles. The van der Waals surface area contributed by atoms with Gasteiger partial charge >= 0.3 is 0 Å². The van der Waals surface area contributed by atoms with Gasteiger partial charge in [-0.2, -0.15) is 0 Å². The molecule has 3 rings (SSSR count). The molecule has 1 aliphatic rings. The number of aliphatic hydroxyl groups is 1. The van der Waals surface area contributed by atoms with E-state index in [4.69, 9.17) is 5.11 Å². The first-order valence-corrected chi connectivity index (χ1v) is 6.35. The van der Waals surface area contributed by atoms with E-state index in [1.54, 1.807) is 24.3 Å². The van der Waals surface area contributed by atoms with Crippen molar-refractivity contribution in [3.05, 3.63) is 53.6 Å². The fourth-order valence-electron chi connectivity index (χ4n) is 2.40.